The molecule has 1 aromatic carbocycles. The van der Waals surface area contributed by atoms with Crippen molar-refractivity contribution in [2.45, 2.75) is 26.0 Å². The van der Waals surface area contributed by atoms with Gasteiger partial charge in [0, 0.05) is 6.54 Å². The number of benzene rings is 1. The third kappa shape index (κ3) is 3.43. The van der Waals surface area contributed by atoms with E-state index in [1.807, 2.05) is 48.0 Å². The number of carbonyl (C=O) groups excluding carboxylic acids is 1. The topological polar surface area (TPSA) is 49.3 Å². The molecular formula is C15H17NO2S. The van der Waals surface area contributed by atoms with E-state index in [0.29, 0.717) is 6.54 Å². The summed E-state index contributed by atoms with van der Waals surface area (Å²) in [6.07, 6.45) is 0. The van der Waals surface area contributed by atoms with Crippen LogP contribution in [0.4, 0.5) is 0 Å². The zero-order valence-corrected chi connectivity index (χ0v) is 11.6. The van der Waals surface area contributed by atoms with Crippen molar-refractivity contribution < 1.29 is 9.90 Å². The van der Waals surface area contributed by atoms with Crippen LogP contribution in [0.5, 0.6) is 0 Å². The molecule has 0 aliphatic heterocycles. The number of carbonyl (C=O) groups is 1. The molecule has 1 unspecified atom stereocenters. The molecule has 1 heterocycles. The van der Waals surface area contributed by atoms with Crippen molar-refractivity contribution in [2.24, 2.45) is 0 Å². The van der Waals surface area contributed by atoms with Crippen molar-refractivity contribution in [2.75, 3.05) is 0 Å². The molecular weight excluding hydrogens is 258 g/mol. The molecule has 0 saturated carbocycles. The quantitative estimate of drug-likeness (QED) is 0.881. The zero-order chi connectivity index (χ0) is 13.7. The van der Waals surface area contributed by atoms with Gasteiger partial charge in [0.2, 0.25) is 5.91 Å². The minimum absolute atomic E-state index is 0.00569. The maximum absolute atomic E-state index is 12.0. The van der Waals surface area contributed by atoms with Gasteiger partial charge < -0.3 is 10.4 Å². The van der Waals surface area contributed by atoms with E-state index >= 15 is 0 Å². The minimum Gasteiger partial charge on any atom is -0.392 e. The average molecular weight is 275 g/mol. The number of rotatable bonds is 5. The van der Waals surface area contributed by atoms with E-state index < -0.39 is 0 Å². The summed E-state index contributed by atoms with van der Waals surface area (Å²) in [4.78, 5) is 12.0. The summed E-state index contributed by atoms with van der Waals surface area (Å²) in [5, 5.41) is 16.1. The van der Waals surface area contributed by atoms with Crippen LogP contribution < -0.4 is 5.32 Å². The molecule has 1 amide bonds. The Kier molecular flexibility index (Phi) is 4.71. The fourth-order valence-corrected chi connectivity index (χ4v) is 2.65. The van der Waals surface area contributed by atoms with Gasteiger partial charge >= 0.3 is 0 Å². The van der Waals surface area contributed by atoms with Crippen LogP contribution in [-0.4, -0.2) is 11.0 Å². The Labute approximate surface area is 116 Å². The van der Waals surface area contributed by atoms with Crippen LogP contribution in [0.25, 0.3) is 0 Å². The lowest BCUT2D eigenvalue weighted by Gasteiger charge is -2.12. The molecule has 19 heavy (non-hydrogen) atoms. The number of hydrogen-bond donors (Lipinski definition) is 2. The first-order valence-electron chi connectivity index (χ1n) is 6.20. The number of hydrogen-bond acceptors (Lipinski definition) is 3. The average Bonchev–Trinajstić information content (AvgIpc) is 2.98. The van der Waals surface area contributed by atoms with Crippen LogP contribution in [0.2, 0.25) is 0 Å². The Morgan fingerprint density at radius 1 is 1.32 bits per heavy atom. The maximum Gasteiger partial charge on any atom is 0.227 e. The highest BCUT2D eigenvalue weighted by Crippen LogP contribution is 2.18. The van der Waals surface area contributed by atoms with Gasteiger partial charge in [-0.1, -0.05) is 24.3 Å². The normalized spacial score (nSPS) is 12.1. The second-order valence-corrected chi connectivity index (χ2v) is 5.20. The number of nitrogens with one attached hydrogen (secondary N) is 1. The number of thiophene rings is 1. The monoisotopic (exact) mass is 275 g/mol. The maximum atomic E-state index is 12.0. The highest BCUT2D eigenvalue weighted by Gasteiger charge is 2.15. The second-order valence-electron chi connectivity index (χ2n) is 4.42. The van der Waals surface area contributed by atoms with E-state index in [9.17, 15) is 9.90 Å². The van der Waals surface area contributed by atoms with Gasteiger partial charge in [-0.2, -0.15) is 11.3 Å². The summed E-state index contributed by atoms with van der Waals surface area (Å²) < 4.78 is 0. The molecule has 0 spiro atoms. The van der Waals surface area contributed by atoms with Crippen molar-refractivity contribution in [1.82, 2.24) is 5.32 Å². The summed E-state index contributed by atoms with van der Waals surface area (Å²) >= 11 is 1.59. The van der Waals surface area contributed by atoms with Crippen LogP contribution in [0, 0.1) is 0 Å². The van der Waals surface area contributed by atoms with Crippen LogP contribution in [0.3, 0.4) is 0 Å². The minimum atomic E-state index is -0.146. The van der Waals surface area contributed by atoms with E-state index in [-0.39, 0.29) is 18.4 Å². The van der Waals surface area contributed by atoms with Gasteiger partial charge in [0.1, 0.15) is 0 Å². The van der Waals surface area contributed by atoms with Crippen molar-refractivity contribution in [3.05, 3.63) is 57.8 Å². The smallest absolute Gasteiger partial charge is 0.227 e. The Morgan fingerprint density at radius 2 is 2.05 bits per heavy atom. The summed E-state index contributed by atoms with van der Waals surface area (Å²) in [6, 6.07) is 9.54. The molecule has 0 fully saturated rings. The van der Waals surface area contributed by atoms with E-state index in [1.54, 1.807) is 11.3 Å². The van der Waals surface area contributed by atoms with Gasteiger partial charge in [0.15, 0.2) is 0 Å². The first-order valence-corrected chi connectivity index (χ1v) is 7.14. The number of amides is 1. The lowest BCUT2D eigenvalue weighted by molar-refractivity contribution is -0.122. The van der Waals surface area contributed by atoms with E-state index in [0.717, 1.165) is 16.7 Å². The predicted octanol–water partition coefficient (Wildman–Crippen LogP) is 2.66. The molecule has 0 bridgehead atoms. The lowest BCUT2D eigenvalue weighted by atomic mass is 10.0. The molecule has 100 valence electrons. The number of aliphatic hydroxyl groups is 1. The highest BCUT2D eigenvalue weighted by atomic mass is 32.1. The predicted molar refractivity (Wildman–Crippen MR) is 76.9 cm³/mol. The Bertz CT molecular complexity index is 537. The van der Waals surface area contributed by atoms with E-state index in [4.69, 9.17) is 0 Å². The van der Waals surface area contributed by atoms with Crippen LogP contribution in [0.1, 0.15) is 29.5 Å². The Balaban J connectivity index is 1.97. The molecule has 0 radical (unpaired) electrons. The third-order valence-corrected chi connectivity index (χ3v) is 3.88. The lowest BCUT2D eigenvalue weighted by Crippen LogP contribution is -2.27. The SMILES string of the molecule is CC(C(=O)NCc1ccccc1CO)c1ccsc1. The van der Waals surface area contributed by atoms with Crippen molar-refractivity contribution in [1.29, 1.82) is 0 Å². The fourth-order valence-electron chi connectivity index (χ4n) is 1.89. The molecule has 2 N–H and O–H groups in total. The first-order chi connectivity index (χ1) is 9.22. The molecule has 2 aromatic rings. The van der Waals surface area contributed by atoms with Gasteiger partial charge in [0.25, 0.3) is 0 Å². The van der Waals surface area contributed by atoms with Crippen molar-refractivity contribution in [3.63, 3.8) is 0 Å². The van der Waals surface area contributed by atoms with Gasteiger partial charge in [-0.3, -0.25) is 4.79 Å². The van der Waals surface area contributed by atoms with Crippen LogP contribution >= 0.6 is 11.3 Å². The molecule has 4 heteroatoms. The largest absolute Gasteiger partial charge is 0.392 e. The molecule has 0 aliphatic rings. The summed E-state index contributed by atoms with van der Waals surface area (Å²) in [6.45, 7) is 2.34. The first kappa shape index (κ1) is 13.8. The highest BCUT2D eigenvalue weighted by molar-refractivity contribution is 7.08. The standard InChI is InChI=1S/C15H17NO2S/c1-11(14-6-7-19-10-14)15(18)16-8-12-4-2-3-5-13(12)9-17/h2-7,10-11,17H,8-9H2,1H3,(H,16,18). The molecule has 1 aromatic heterocycles. The van der Waals surface area contributed by atoms with Gasteiger partial charge in [-0.25, -0.2) is 0 Å². The summed E-state index contributed by atoms with van der Waals surface area (Å²) in [5.74, 6) is -0.140. The van der Waals surface area contributed by atoms with Crippen molar-refractivity contribution >= 4 is 17.2 Å². The van der Waals surface area contributed by atoms with Crippen LogP contribution in [0.15, 0.2) is 41.1 Å². The van der Waals surface area contributed by atoms with Crippen molar-refractivity contribution in [3.8, 4) is 0 Å². The third-order valence-electron chi connectivity index (χ3n) is 3.18. The molecule has 2 rings (SSSR count). The van der Waals surface area contributed by atoms with Gasteiger partial charge in [-0.15, -0.1) is 0 Å². The molecule has 0 saturated heterocycles. The Morgan fingerprint density at radius 3 is 2.68 bits per heavy atom. The zero-order valence-electron chi connectivity index (χ0n) is 10.8. The molecule has 0 aliphatic carbocycles. The van der Waals surface area contributed by atoms with E-state index in [1.165, 1.54) is 0 Å². The molecule has 1 atom stereocenters. The molecule has 3 nitrogen and oxygen atoms in total. The number of aliphatic hydroxyl groups excluding tert-OH is 1. The second kappa shape index (κ2) is 6.50. The fraction of sp³-hybridized carbons (Fsp3) is 0.267. The van der Waals surface area contributed by atoms with Crippen LogP contribution in [-0.2, 0) is 17.9 Å². The summed E-state index contributed by atoms with van der Waals surface area (Å²) in [7, 11) is 0. The Hall–Kier alpha value is -1.65. The summed E-state index contributed by atoms with van der Waals surface area (Å²) in [5.41, 5.74) is 2.85. The van der Waals surface area contributed by atoms with Gasteiger partial charge in [-0.05, 0) is 40.4 Å². The van der Waals surface area contributed by atoms with Gasteiger partial charge in [0.05, 0.1) is 12.5 Å². The van der Waals surface area contributed by atoms with E-state index in [2.05, 4.69) is 5.32 Å².